The quantitative estimate of drug-likeness (QED) is 0.872. The van der Waals surface area contributed by atoms with E-state index in [0.717, 1.165) is 19.1 Å². The first-order valence-electron chi connectivity index (χ1n) is 6.30. The molecular formula is C16H9ClF2N2O2. The molecule has 0 unspecified atom stereocenters. The van der Waals surface area contributed by atoms with Gasteiger partial charge in [0.25, 0.3) is 0 Å². The second kappa shape index (κ2) is 6.15. The summed E-state index contributed by atoms with van der Waals surface area (Å²) in [5.74, 6) is -3.56. The predicted octanol–water partition coefficient (Wildman–Crippen LogP) is 3.46. The van der Waals surface area contributed by atoms with Crippen LogP contribution in [-0.2, 0) is 0 Å². The average Bonchev–Trinajstić information content (AvgIpc) is 2.45. The van der Waals surface area contributed by atoms with Crippen LogP contribution in [0.5, 0.6) is 0 Å². The highest BCUT2D eigenvalue weighted by Gasteiger charge is 2.21. The molecule has 0 aliphatic rings. The zero-order valence-corrected chi connectivity index (χ0v) is 12.5. The Kier molecular flexibility index (Phi) is 4.43. The molecular weight excluding hydrogens is 326 g/mol. The first-order valence-corrected chi connectivity index (χ1v) is 6.67. The van der Waals surface area contributed by atoms with Crippen LogP contribution in [0.25, 0.3) is 11.1 Å². The number of rotatable bonds is 3. The maximum Gasteiger partial charge on any atom is 0.250 e. The highest BCUT2D eigenvalue weighted by Crippen LogP contribution is 2.35. The van der Waals surface area contributed by atoms with Gasteiger partial charge < -0.3 is 5.73 Å². The Labute approximate surface area is 135 Å². The Morgan fingerprint density at radius 1 is 1.17 bits per heavy atom. The Balaban J connectivity index is 2.93. The standard InChI is InChI=1S/C16H9ClF2N2O2/c1-7(22)14-10(4-9(18)5-13(14)19)11-2-8(6-20)3-12(15(11)17)16(21)23/h2-5H,1H3,(H2,21,23). The fourth-order valence-corrected chi connectivity index (χ4v) is 2.51. The van der Waals surface area contributed by atoms with Crippen molar-refractivity contribution in [3.8, 4) is 17.2 Å². The van der Waals surface area contributed by atoms with Crippen molar-refractivity contribution < 1.29 is 18.4 Å². The van der Waals surface area contributed by atoms with Gasteiger partial charge in [-0.05, 0) is 30.7 Å². The van der Waals surface area contributed by atoms with E-state index in [2.05, 4.69) is 0 Å². The van der Waals surface area contributed by atoms with E-state index in [1.807, 2.05) is 0 Å². The molecule has 2 aromatic carbocycles. The van der Waals surface area contributed by atoms with Crippen LogP contribution in [0.3, 0.4) is 0 Å². The number of hydrogen-bond donors (Lipinski definition) is 1. The summed E-state index contributed by atoms with van der Waals surface area (Å²) in [6, 6.07) is 5.67. The summed E-state index contributed by atoms with van der Waals surface area (Å²) in [6.45, 7) is 1.11. The summed E-state index contributed by atoms with van der Waals surface area (Å²) in [5, 5.41) is 8.84. The lowest BCUT2D eigenvalue weighted by atomic mass is 9.93. The highest BCUT2D eigenvalue weighted by atomic mass is 35.5. The second-order valence-electron chi connectivity index (χ2n) is 4.73. The van der Waals surface area contributed by atoms with Crippen LogP contribution >= 0.6 is 11.6 Å². The van der Waals surface area contributed by atoms with Gasteiger partial charge in [0.05, 0.1) is 27.8 Å². The number of hydrogen-bond acceptors (Lipinski definition) is 3. The van der Waals surface area contributed by atoms with Crippen LogP contribution in [0.1, 0.15) is 33.2 Å². The molecule has 0 atom stereocenters. The summed E-state index contributed by atoms with van der Waals surface area (Å²) in [4.78, 5) is 23.1. The molecule has 0 aliphatic carbocycles. The van der Waals surface area contributed by atoms with Gasteiger partial charge in [0.2, 0.25) is 5.91 Å². The van der Waals surface area contributed by atoms with Gasteiger partial charge in [0.15, 0.2) is 5.78 Å². The van der Waals surface area contributed by atoms with Gasteiger partial charge in [0, 0.05) is 11.6 Å². The highest BCUT2D eigenvalue weighted by molar-refractivity contribution is 6.36. The van der Waals surface area contributed by atoms with Crippen molar-refractivity contribution in [3.05, 3.63) is 57.6 Å². The van der Waals surface area contributed by atoms with Crippen molar-refractivity contribution in [1.82, 2.24) is 0 Å². The van der Waals surface area contributed by atoms with Crippen LogP contribution in [0, 0.1) is 23.0 Å². The molecule has 0 heterocycles. The van der Waals surface area contributed by atoms with Gasteiger partial charge in [-0.3, -0.25) is 9.59 Å². The lowest BCUT2D eigenvalue weighted by Crippen LogP contribution is -2.13. The van der Waals surface area contributed by atoms with Crippen LogP contribution in [0.4, 0.5) is 8.78 Å². The predicted molar refractivity (Wildman–Crippen MR) is 80.0 cm³/mol. The van der Waals surface area contributed by atoms with Gasteiger partial charge in [-0.1, -0.05) is 11.6 Å². The molecule has 23 heavy (non-hydrogen) atoms. The molecule has 1 amide bonds. The van der Waals surface area contributed by atoms with Gasteiger partial charge in [-0.15, -0.1) is 0 Å². The number of nitrogens with zero attached hydrogens (tertiary/aromatic N) is 1. The molecule has 0 fully saturated rings. The number of carbonyl (C=O) groups is 2. The molecule has 0 bridgehead atoms. The zero-order chi connectivity index (χ0) is 17.3. The number of benzene rings is 2. The smallest absolute Gasteiger partial charge is 0.250 e. The van der Waals surface area contributed by atoms with Gasteiger partial charge in [-0.2, -0.15) is 5.26 Å². The number of amides is 1. The molecule has 2 N–H and O–H groups in total. The van der Waals surface area contributed by atoms with Gasteiger partial charge in [0.1, 0.15) is 11.6 Å². The molecule has 0 saturated heterocycles. The third kappa shape index (κ3) is 3.05. The summed E-state index contributed by atoms with van der Waals surface area (Å²) in [5.41, 5.74) is 4.46. The SMILES string of the molecule is CC(=O)c1c(F)cc(F)cc1-c1cc(C#N)cc(C(N)=O)c1Cl. The van der Waals surface area contributed by atoms with Crippen LogP contribution < -0.4 is 5.73 Å². The van der Waals surface area contributed by atoms with E-state index in [-0.39, 0.29) is 32.8 Å². The number of ketones is 1. The van der Waals surface area contributed by atoms with Crippen LogP contribution in [0.15, 0.2) is 24.3 Å². The molecule has 4 nitrogen and oxygen atoms in total. The molecule has 2 rings (SSSR count). The van der Waals surface area contributed by atoms with E-state index < -0.39 is 23.3 Å². The Hall–Kier alpha value is -2.78. The first-order chi connectivity index (χ1) is 10.8. The zero-order valence-electron chi connectivity index (χ0n) is 11.8. The number of nitriles is 1. The van der Waals surface area contributed by atoms with Crippen molar-refractivity contribution in [2.75, 3.05) is 0 Å². The van der Waals surface area contributed by atoms with E-state index in [4.69, 9.17) is 22.6 Å². The molecule has 2 aromatic rings. The largest absolute Gasteiger partial charge is 0.366 e. The minimum absolute atomic E-state index is 0.0115. The molecule has 116 valence electrons. The van der Waals surface area contributed by atoms with Crippen LogP contribution in [-0.4, -0.2) is 11.7 Å². The fourth-order valence-electron chi connectivity index (χ4n) is 2.21. The molecule has 0 saturated carbocycles. The molecule has 0 radical (unpaired) electrons. The fraction of sp³-hybridized carbons (Fsp3) is 0.0625. The van der Waals surface area contributed by atoms with Gasteiger partial charge >= 0.3 is 0 Å². The van der Waals surface area contributed by atoms with E-state index >= 15 is 0 Å². The molecule has 0 aromatic heterocycles. The van der Waals surface area contributed by atoms with Gasteiger partial charge in [-0.25, -0.2) is 8.78 Å². The summed E-state index contributed by atoms with van der Waals surface area (Å²) >= 11 is 6.08. The number of Topliss-reactive ketones (excluding diaryl/α,β-unsaturated/α-hetero) is 1. The van der Waals surface area contributed by atoms with Crippen molar-refractivity contribution in [2.45, 2.75) is 6.92 Å². The lowest BCUT2D eigenvalue weighted by Gasteiger charge is -2.13. The maximum absolute atomic E-state index is 14.0. The summed E-state index contributed by atoms with van der Waals surface area (Å²) in [7, 11) is 0. The Morgan fingerprint density at radius 3 is 2.35 bits per heavy atom. The number of nitrogens with two attached hydrogens (primary N) is 1. The van der Waals surface area contributed by atoms with E-state index in [1.54, 1.807) is 6.07 Å². The minimum Gasteiger partial charge on any atom is -0.366 e. The monoisotopic (exact) mass is 334 g/mol. The molecule has 7 heteroatoms. The van der Waals surface area contributed by atoms with E-state index in [0.29, 0.717) is 6.07 Å². The Bertz CT molecular complexity index is 889. The Morgan fingerprint density at radius 2 is 1.83 bits per heavy atom. The third-order valence-corrected chi connectivity index (χ3v) is 3.57. The van der Waals surface area contributed by atoms with Crippen molar-refractivity contribution >= 4 is 23.3 Å². The number of halogens is 3. The van der Waals surface area contributed by atoms with E-state index in [1.165, 1.54) is 6.07 Å². The minimum atomic E-state index is -1.06. The molecule has 0 aliphatic heterocycles. The normalized spacial score (nSPS) is 10.2. The maximum atomic E-state index is 14.0. The third-order valence-electron chi connectivity index (χ3n) is 3.16. The van der Waals surface area contributed by atoms with Crippen molar-refractivity contribution in [2.24, 2.45) is 5.73 Å². The summed E-state index contributed by atoms with van der Waals surface area (Å²) < 4.78 is 27.5. The van der Waals surface area contributed by atoms with Crippen molar-refractivity contribution in [1.29, 1.82) is 5.26 Å². The second-order valence-corrected chi connectivity index (χ2v) is 5.11. The first kappa shape index (κ1) is 16.6. The number of carbonyl (C=O) groups excluding carboxylic acids is 2. The topological polar surface area (TPSA) is 83.9 Å². The summed E-state index contributed by atoms with van der Waals surface area (Å²) in [6.07, 6.45) is 0. The van der Waals surface area contributed by atoms with Crippen molar-refractivity contribution in [3.63, 3.8) is 0 Å². The number of primary amides is 1. The molecule has 0 spiro atoms. The average molecular weight is 335 g/mol. The van der Waals surface area contributed by atoms with E-state index in [9.17, 15) is 18.4 Å². The lowest BCUT2D eigenvalue weighted by molar-refractivity contribution is 0.0996. The van der Waals surface area contributed by atoms with Crippen LogP contribution in [0.2, 0.25) is 5.02 Å².